The number of rotatable bonds is 56. The summed E-state index contributed by atoms with van der Waals surface area (Å²) in [5.41, 5.74) is 18.0. The van der Waals surface area contributed by atoms with E-state index in [9.17, 15) is 102 Å². The molecule has 0 bridgehead atoms. The number of hydrogen-bond acceptors (Lipinski definition) is 23. The van der Waals surface area contributed by atoms with E-state index >= 15 is 0 Å². The van der Waals surface area contributed by atoms with E-state index in [1.165, 1.54) is 40.9 Å². The van der Waals surface area contributed by atoms with Crippen molar-refractivity contribution >= 4 is 106 Å². The fraction of sp³-hybridized carbons (Fsp3) is 0.667. The molecule has 1 fully saturated rings. The number of phenols is 1. The van der Waals surface area contributed by atoms with E-state index in [2.05, 4.69) is 69.1 Å². The van der Waals surface area contributed by atoms with Gasteiger partial charge in [0.1, 0.15) is 90.3 Å². The Balaban J connectivity index is 1.95. The number of carboxylic acid groups (broad SMARTS) is 1. The number of benzene rings is 2. The molecule has 0 radical (unpaired) electrons. The van der Waals surface area contributed by atoms with Gasteiger partial charge in [-0.05, 0) is 142 Å². The highest BCUT2D eigenvalue weighted by Crippen LogP contribution is 2.23. The lowest BCUT2D eigenvalue weighted by Crippen LogP contribution is -2.63. The number of nitrogens with zero attached hydrogens (tertiary/aromatic N) is 1. The van der Waals surface area contributed by atoms with Crippen LogP contribution in [-0.4, -0.2) is 260 Å². The number of aromatic hydroxyl groups is 1. The Kier molecular flexibility index (Phi) is 47.5. The molecule has 1 heterocycles. The lowest BCUT2D eigenvalue weighted by molar-refractivity contribution is -0.149. The van der Waals surface area contributed by atoms with Crippen LogP contribution in [0, 0.1) is 35.5 Å². The third-order valence-electron chi connectivity index (χ3n) is 21.1. The van der Waals surface area contributed by atoms with Crippen molar-refractivity contribution in [3.8, 4) is 5.75 Å². The van der Waals surface area contributed by atoms with E-state index in [4.69, 9.17) is 17.2 Å². The zero-order valence-electron chi connectivity index (χ0n) is 73.4. The van der Waals surface area contributed by atoms with Crippen molar-refractivity contribution < 1.29 is 102 Å². The summed E-state index contributed by atoms with van der Waals surface area (Å²) in [5, 5.41) is 86.0. The molecule has 1 aliphatic rings. The average Bonchev–Trinajstić information content (AvgIpc) is 1.66. The predicted octanol–water partition coefficient (Wildman–Crippen LogP) is -1.72. The Morgan fingerprint density at radius 2 is 0.829 bits per heavy atom. The quantitative estimate of drug-likeness (QED) is 0.0328. The fourth-order valence-electron chi connectivity index (χ4n) is 13.6. The molecule has 18 atom stereocenters. The van der Waals surface area contributed by atoms with E-state index in [1.54, 1.807) is 120 Å². The molecule has 0 spiro atoms. The summed E-state index contributed by atoms with van der Waals surface area (Å²) in [6, 6.07) is -7.91. The number of thioether (sulfide) groups is 1. The molecular weight excluding hydrogens is 1620 g/mol. The lowest BCUT2D eigenvalue weighted by Gasteiger charge is -2.31. The summed E-state index contributed by atoms with van der Waals surface area (Å²) < 4.78 is 0. The topological polar surface area (TPSA) is 612 Å². The molecule has 1 saturated heterocycles. The van der Waals surface area contributed by atoms with Gasteiger partial charge in [-0.2, -0.15) is 11.8 Å². The zero-order chi connectivity index (χ0) is 92.7. The van der Waals surface area contributed by atoms with Crippen LogP contribution in [0.2, 0.25) is 0 Å². The Labute approximate surface area is 724 Å². The van der Waals surface area contributed by atoms with Crippen molar-refractivity contribution in [2.24, 2.45) is 52.7 Å². The number of carboxylic acids is 1. The summed E-state index contributed by atoms with van der Waals surface area (Å²) in [6.07, 6.45) is 1.18. The van der Waals surface area contributed by atoms with Crippen molar-refractivity contribution in [3.63, 3.8) is 0 Å². The Hall–Kier alpha value is -10.1. The number of aliphatic carboxylic acids is 1. The number of primary amides is 1. The largest absolute Gasteiger partial charge is 0.508 e. The smallest absolute Gasteiger partial charge is 0.326 e. The van der Waals surface area contributed by atoms with E-state index in [0.717, 1.165) is 6.92 Å². The van der Waals surface area contributed by atoms with Gasteiger partial charge in [0.2, 0.25) is 88.6 Å². The van der Waals surface area contributed by atoms with Crippen LogP contribution in [-0.2, 0) is 89.6 Å². The first-order valence-electron chi connectivity index (χ1n) is 42.4. The van der Waals surface area contributed by atoms with Crippen LogP contribution in [0.5, 0.6) is 5.75 Å². The number of unbranched alkanes of at least 4 members (excludes halogenated alkanes) is 1. The van der Waals surface area contributed by atoms with Gasteiger partial charge in [-0.1, -0.05) is 145 Å². The molecular formula is C84H137N17O21S. The molecule has 0 aliphatic carbocycles. The van der Waals surface area contributed by atoms with E-state index in [1.807, 2.05) is 0 Å². The number of nitrogens with two attached hydrogens (primary N) is 3. The second-order valence-corrected chi connectivity index (χ2v) is 34.3. The van der Waals surface area contributed by atoms with E-state index in [-0.39, 0.29) is 93.6 Å². The predicted molar refractivity (Wildman–Crippen MR) is 460 cm³/mol. The average molecular weight is 1750 g/mol. The van der Waals surface area contributed by atoms with Crippen molar-refractivity contribution in [1.82, 2.24) is 74.0 Å². The van der Waals surface area contributed by atoms with Gasteiger partial charge in [0.15, 0.2) is 0 Å². The first kappa shape index (κ1) is 107. The van der Waals surface area contributed by atoms with Crippen molar-refractivity contribution in [1.29, 1.82) is 0 Å². The highest BCUT2D eigenvalue weighted by Gasteiger charge is 2.43. The monoisotopic (exact) mass is 1750 g/mol. The van der Waals surface area contributed by atoms with Gasteiger partial charge in [-0.3, -0.25) is 71.9 Å². The summed E-state index contributed by atoms with van der Waals surface area (Å²) in [6.45, 7) is 20.2. The molecule has 2 aromatic rings. The maximum atomic E-state index is 14.9. The zero-order valence-corrected chi connectivity index (χ0v) is 74.2. The molecule has 39 heteroatoms. The lowest BCUT2D eigenvalue weighted by atomic mass is 9.96. The van der Waals surface area contributed by atoms with Crippen LogP contribution < -0.4 is 86.3 Å². The number of phenolic OH excluding ortho intramolecular Hbond substituents is 1. The highest BCUT2D eigenvalue weighted by molar-refractivity contribution is 7.98. The van der Waals surface area contributed by atoms with Crippen LogP contribution in [0.3, 0.4) is 0 Å². The molecule has 24 N–H and O–H groups in total. The summed E-state index contributed by atoms with van der Waals surface area (Å²) >= 11 is 1.32. The van der Waals surface area contributed by atoms with Gasteiger partial charge in [-0.25, -0.2) is 4.79 Å². The van der Waals surface area contributed by atoms with Crippen molar-refractivity contribution in [3.05, 3.63) is 65.7 Å². The second-order valence-electron chi connectivity index (χ2n) is 33.3. The van der Waals surface area contributed by atoms with Crippen LogP contribution in [0.25, 0.3) is 0 Å². The normalized spacial score (nSPS) is 16.8. The van der Waals surface area contributed by atoms with Crippen LogP contribution in [0.1, 0.15) is 185 Å². The molecule has 123 heavy (non-hydrogen) atoms. The Morgan fingerprint density at radius 3 is 1.29 bits per heavy atom. The first-order chi connectivity index (χ1) is 57.9. The SMILES string of the molecule is CC[C@H](C)[C@H](NC(=O)[C@H](CO)NC(=O)[C@@H](N)CCCCN)C(=O)N[C@@H](CC(C)C)C(=O)N[C@@H](CCSC)C(=O)N[C@@H](Cc1ccc(O)cc1)C(=O)N[C@H](C(=O)N[C@H](C(=O)N[C@@H](CO)C(=O)N[C@@H](CC(C)C)C(=O)N[C@@H](Cc1ccccc1)C(=O)N[C@@H](CCC(N)=O)C(=O)N[C@H](C(=O)N[C@@H](CC(C)C)C(=O)N1CCC[C@H]1C(=O)O)C(C)C)[C@@H](C)O)[C@@H](C)CC. The summed E-state index contributed by atoms with van der Waals surface area (Å²) in [4.78, 5) is 226. The number of carbonyl (C=O) groups is 16. The van der Waals surface area contributed by atoms with E-state index < -0.39 is 235 Å². The maximum absolute atomic E-state index is 14.9. The van der Waals surface area contributed by atoms with Crippen molar-refractivity contribution in [2.75, 3.05) is 38.3 Å². The van der Waals surface area contributed by atoms with Gasteiger partial charge >= 0.3 is 5.97 Å². The Bertz CT molecular complexity index is 3810. The molecule has 0 unspecified atom stereocenters. The van der Waals surface area contributed by atoms with Gasteiger partial charge in [0.05, 0.1) is 25.4 Å². The minimum Gasteiger partial charge on any atom is -0.508 e. The first-order valence-corrected chi connectivity index (χ1v) is 43.8. The second kappa shape index (κ2) is 54.5. The molecule has 3 rings (SSSR count). The summed E-state index contributed by atoms with van der Waals surface area (Å²) in [7, 11) is 0. The molecule has 38 nitrogen and oxygen atoms in total. The maximum Gasteiger partial charge on any atom is 0.326 e. The number of carbonyl (C=O) groups excluding carboxylic acids is 15. The molecule has 690 valence electrons. The number of amides is 15. The number of aliphatic hydroxyl groups is 3. The van der Waals surface area contributed by atoms with Gasteiger partial charge in [0.25, 0.3) is 0 Å². The number of hydrogen-bond donors (Lipinski definition) is 21. The van der Waals surface area contributed by atoms with Crippen LogP contribution in [0.4, 0.5) is 0 Å². The van der Waals surface area contributed by atoms with Gasteiger partial charge < -0.3 is 117 Å². The van der Waals surface area contributed by atoms with Crippen LogP contribution in [0.15, 0.2) is 54.6 Å². The van der Waals surface area contributed by atoms with Crippen LogP contribution >= 0.6 is 11.8 Å². The Morgan fingerprint density at radius 1 is 0.455 bits per heavy atom. The minimum absolute atomic E-state index is 0.0229. The molecule has 2 aromatic carbocycles. The molecule has 0 saturated carbocycles. The number of aliphatic hydroxyl groups excluding tert-OH is 3. The van der Waals surface area contributed by atoms with Gasteiger partial charge in [0, 0.05) is 25.8 Å². The third-order valence-corrected chi connectivity index (χ3v) is 21.8. The number of nitrogens with one attached hydrogen (secondary N) is 13. The fourth-order valence-corrected chi connectivity index (χ4v) is 14.1. The summed E-state index contributed by atoms with van der Waals surface area (Å²) in [5.74, 6) is -17.5. The van der Waals surface area contributed by atoms with Gasteiger partial charge in [-0.15, -0.1) is 0 Å². The third kappa shape index (κ3) is 36.7. The number of likely N-dealkylation sites (tertiary alicyclic amines) is 1. The molecule has 15 amide bonds. The van der Waals surface area contributed by atoms with Crippen molar-refractivity contribution in [2.45, 2.75) is 283 Å². The minimum atomic E-state index is -1.93. The molecule has 1 aliphatic heterocycles. The standard InChI is InChI=1S/C84H137N17O21S/c1-15-48(11)67(99-78(115)63(43-103)95-70(107)54(86)25-20-21-34-85)80(117)93-58(38-45(5)6)73(110)89-56(33-36-123-14)71(108)91-60(41-52-27-29-53(105)30-28-52)76(113)98-68(49(12)16-2)81(118)100-69(50(13)104)82(119)96-62(42-102)77(114)90-57(37-44(3)4)74(111)92-59(40-51-23-18-17-19-24-51)75(112)88-55(31-32-65(87)106)72(109)97-66(47(9)10)79(116)94-61(39-46(7)8)83(120)101-35-22-26-64(101)84(121)122/h17-19,23-24,27-30,44-50,54-64,66-69,102-105H,15-16,20-22,25-26,31-43,85-86H2,1-14H3,(H2,87,106)(H,88,112)(H,89,110)(H,90,114)(H,91,108)(H,92,111)(H,93,117)(H,94,116)(H,95,107)(H,96,119)(H,97,109)(H,98,113)(H,99,115)(H,100,118)(H,121,122)/t48-,49-,50+,54-,55-,56-,57-,58-,59-,60-,61-,62-,63-,64-,66-,67-,68-,69-/m0/s1. The highest BCUT2D eigenvalue weighted by atomic mass is 32.2. The molecule has 0 aromatic heterocycles. The van der Waals surface area contributed by atoms with E-state index in [0.29, 0.717) is 43.4 Å².